The van der Waals surface area contributed by atoms with E-state index in [-0.39, 0.29) is 10.7 Å². The van der Waals surface area contributed by atoms with Crippen LogP contribution in [0.1, 0.15) is 30.8 Å². The monoisotopic (exact) mass is 336 g/mol. The van der Waals surface area contributed by atoms with Gasteiger partial charge in [0.15, 0.2) is 5.69 Å². The molecule has 0 bridgehead atoms. The molecule has 0 radical (unpaired) electrons. The van der Waals surface area contributed by atoms with Gasteiger partial charge >= 0.3 is 0 Å². The van der Waals surface area contributed by atoms with Gasteiger partial charge in [-0.1, -0.05) is 25.4 Å². The van der Waals surface area contributed by atoms with Crippen LogP contribution >= 0.6 is 11.6 Å². The van der Waals surface area contributed by atoms with E-state index in [2.05, 4.69) is 34.7 Å². The number of anilines is 2. The molecule has 0 saturated heterocycles. The van der Waals surface area contributed by atoms with Crippen LogP contribution in [0.25, 0.3) is 0 Å². The number of nitrogens with one attached hydrogen (secondary N) is 2. The van der Waals surface area contributed by atoms with Gasteiger partial charge in [-0.2, -0.15) is 0 Å². The highest BCUT2D eigenvalue weighted by Gasteiger charge is 2.10. The van der Waals surface area contributed by atoms with Gasteiger partial charge in [0.2, 0.25) is 0 Å². The second-order valence-corrected chi connectivity index (χ2v) is 5.90. The van der Waals surface area contributed by atoms with Gasteiger partial charge in [0.25, 0.3) is 5.91 Å². The van der Waals surface area contributed by atoms with Gasteiger partial charge < -0.3 is 10.6 Å². The minimum absolute atomic E-state index is 0.0569. The average molecular weight is 337 g/mol. The minimum Gasteiger partial charge on any atom is -0.369 e. The highest BCUT2D eigenvalue weighted by molar-refractivity contribution is 6.31. The number of amides is 1. The van der Waals surface area contributed by atoms with Gasteiger partial charge in [0.05, 0.1) is 5.02 Å². The Morgan fingerprint density at radius 3 is 2.65 bits per heavy atom. The minimum atomic E-state index is -0.540. The molecule has 2 rings (SSSR count). The van der Waals surface area contributed by atoms with E-state index in [1.807, 2.05) is 0 Å². The molecular weight excluding hydrogens is 319 g/mol. The van der Waals surface area contributed by atoms with E-state index >= 15 is 0 Å². The first-order chi connectivity index (χ1) is 11.0. The molecule has 2 aromatic rings. The summed E-state index contributed by atoms with van der Waals surface area (Å²) in [5.41, 5.74) is 0.558. The third-order valence-electron chi connectivity index (χ3n) is 3.10. The summed E-state index contributed by atoms with van der Waals surface area (Å²) in [6, 6.07) is 7.22. The maximum Gasteiger partial charge on any atom is 0.276 e. The summed E-state index contributed by atoms with van der Waals surface area (Å²) in [6.45, 7) is 5.08. The van der Waals surface area contributed by atoms with Crippen molar-refractivity contribution in [3.05, 3.63) is 46.9 Å². The zero-order valence-electron chi connectivity index (χ0n) is 12.9. The molecule has 1 aromatic carbocycles. The Labute approximate surface area is 139 Å². The van der Waals surface area contributed by atoms with Crippen molar-refractivity contribution in [2.75, 3.05) is 17.2 Å². The third kappa shape index (κ3) is 5.17. The fourth-order valence-electron chi connectivity index (χ4n) is 1.81. The van der Waals surface area contributed by atoms with Crippen LogP contribution in [0.15, 0.2) is 30.3 Å². The maximum atomic E-state index is 13.1. The molecule has 0 fully saturated rings. The van der Waals surface area contributed by atoms with Crippen molar-refractivity contribution >= 4 is 29.0 Å². The molecule has 1 heterocycles. The number of nitrogens with zero attached hydrogens (tertiary/aromatic N) is 2. The number of halogens is 2. The lowest BCUT2D eigenvalue weighted by molar-refractivity contribution is 0.102. The highest BCUT2D eigenvalue weighted by atomic mass is 35.5. The second kappa shape index (κ2) is 7.87. The van der Waals surface area contributed by atoms with Crippen molar-refractivity contribution in [3.63, 3.8) is 0 Å². The first-order valence-electron chi connectivity index (χ1n) is 7.29. The molecule has 0 unspecified atom stereocenters. The van der Waals surface area contributed by atoms with E-state index in [0.29, 0.717) is 17.4 Å². The van der Waals surface area contributed by atoms with E-state index in [4.69, 9.17) is 11.6 Å². The van der Waals surface area contributed by atoms with Gasteiger partial charge in [-0.25, -0.2) is 4.39 Å². The summed E-state index contributed by atoms with van der Waals surface area (Å²) in [7, 11) is 0. The van der Waals surface area contributed by atoms with Crippen LogP contribution in [0, 0.1) is 11.7 Å². The van der Waals surface area contributed by atoms with Crippen molar-refractivity contribution in [2.24, 2.45) is 5.92 Å². The molecule has 0 spiro atoms. The topological polar surface area (TPSA) is 66.9 Å². The maximum absolute atomic E-state index is 13.1. The van der Waals surface area contributed by atoms with Crippen LogP contribution in [0.4, 0.5) is 15.9 Å². The molecule has 0 saturated carbocycles. The fourth-order valence-corrected chi connectivity index (χ4v) is 1.99. The predicted molar refractivity (Wildman–Crippen MR) is 89.3 cm³/mol. The molecule has 122 valence electrons. The zero-order valence-corrected chi connectivity index (χ0v) is 13.7. The lowest BCUT2D eigenvalue weighted by Crippen LogP contribution is -2.15. The van der Waals surface area contributed by atoms with Crippen LogP contribution in [-0.4, -0.2) is 22.6 Å². The van der Waals surface area contributed by atoms with Gasteiger partial charge in [-0.3, -0.25) is 4.79 Å². The van der Waals surface area contributed by atoms with Gasteiger partial charge in [-0.15, -0.1) is 10.2 Å². The number of benzene rings is 1. The highest BCUT2D eigenvalue weighted by Crippen LogP contribution is 2.19. The lowest BCUT2D eigenvalue weighted by atomic mass is 10.1. The Hall–Kier alpha value is -2.21. The van der Waals surface area contributed by atoms with E-state index < -0.39 is 11.7 Å². The summed E-state index contributed by atoms with van der Waals surface area (Å²) in [6.07, 6.45) is 1.02. The number of carbonyl (C=O) groups is 1. The first kappa shape index (κ1) is 17.1. The summed E-state index contributed by atoms with van der Waals surface area (Å²) in [4.78, 5) is 12.1. The number of carbonyl (C=O) groups excluding carboxylic acids is 1. The van der Waals surface area contributed by atoms with E-state index in [1.54, 1.807) is 12.1 Å². The molecule has 0 aliphatic rings. The lowest BCUT2D eigenvalue weighted by Gasteiger charge is -2.08. The van der Waals surface area contributed by atoms with E-state index in [9.17, 15) is 9.18 Å². The Bertz CT molecular complexity index is 676. The Morgan fingerprint density at radius 2 is 2.04 bits per heavy atom. The van der Waals surface area contributed by atoms with Crippen LogP contribution in [0.2, 0.25) is 5.02 Å². The quantitative estimate of drug-likeness (QED) is 0.837. The number of rotatable bonds is 6. The Morgan fingerprint density at radius 1 is 1.26 bits per heavy atom. The van der Waals surface area contributed by atoms with Gasteiger partial charge in [0.1, 0.15) is 11.6 Å². The van der Waals surface area contributed by atoms with Crippen molar-refractivity contribution in [2.45, 2.75) is 20.3 Å². The van der Waals surface area contributed by atoms with Crippen LogP contribution in [0.5, 0.6) is 0 Å². The van der Waals surface area contributed by atoms with E-state index in [1.165, 1.54) is 18.2 Å². The molecule has 0 aliphatic carbocycles. The van der Waals surface area contributed by atoms with Crippen LogP contribution in [0.3, 0.4) is 0 Å². The molecule has 0 aliphatic heterocycles. The average Bonchev–Trinajstić information content (AvgIpc) is 2.51. The first-order valence-corrected chi connectivity index (χ1v) is 7.67. The third-order valence-corrected chi connectivity index (χ3v) is 3.39. The Kier molecular flexibility index (Phi) is 5.87. The fraction of sp³-hybridized carbons (Fsp3) is 0.312. The van der Waals surface area contributed by atoms with Crippen molar-refractivity contribution < 1.29 is 9.18 Å². The number of hydrogen-bond donors (Lipinski definition) is 2. The number of hydrogen-bond acceptors (Lipinski definition) is 4. The molecule has 1 amide bonds. The number of aromatic nitrogens is 2. The van der Waals surface area contributed by atoms with Crippen molar-refractivity contribution in [1.29, 1.82) is 0 Å². The van der Waals surface area contributed by atoms with Crippen molar-refractivity contribution in [1.82, 2.24) is 10.2 Å². The summed E-state index contributed by atoms with van der Waals surface area (Å²) in [5.74, 6) is 0.241. The van der Waals surface area contributed by atoms with Crippen LogP contribution in [-0.2, 0) is 0 Å². The molecule has 7 heteroatoms. The van der Waals surface area contributed by atoms with Gasteiger partial charge in [-0.05, 0) is 42.7 Å². The molecule has 0 atom stereocenters. The molecular formula is C16H18ClFN4O. The smallest absolute Gasteiger partial charge is 0.276 e. The molecule has 23 heavy (non-hydrogen) atoms. The Balaban J connectivity index is 1.95. The second-order valence-electron chi connectivity index (χ2n) is 5.50. The standard InChI is InChI=1S/C16H18ClFN4O/c1-10(2)7-8-19-15-6-5-14(21-22-15)16(23)20-11-3-4-13(18)12(17)9-11/h3-6,9-10H,7-8H2,1-2H3,(H,19,22)(H,20,23). The SMILES string of the molecule is CC(C)CCNc1ccc(C(=O)Nc2ccc(F)c(Cl)c2)nn1. The summed E-state index contributed by atoms with van der Waals surface area (Å²) < 4.78 is 13.1. The summed E-state index contributed by atoms with van der Waals surface area (Å²) in [5, 5.41) is 13.5. The largest absolute Gasteiger partial charge is 0.369 e. The van der Waals surface area contributed by atoms with E-state index in [0.717, 1.165) is 13.0 Å². The summed E-state index contributed by atoms with van der Waals surface area (Å²) >= 11 is 5.67. The zero-order chi connectivity index (χ0) is 16.8. The molecule has 2 N–H and O–H groups in total. The van der Waals surface area contributed by atoms with Gasteiger partial charge in [0, 0.05) is 12.2 Å². The van der Waals surface area contributed by atoms with Crippen molar-refractivity contribution in [3.8, 4) is 0 Å². The molecule has 1 aromatic heterocycles. The normalized spacial score (nSPS) is 10.7. The predicted octanol–water partition coefficient (Wildman–Crippen LogP) is 3.98. The van der Waals surface area contributed by atoms with Crippen LogP contribution < -0.4 is 10.6 Å². The molecule has 5 nitrogen and oxygen atoms in total.